The van der Waals surface area contributed by atoms with Crippen molar-refractivity contribution in [1.29, 1.82) is 0 Å². The van der Waals surface area contributed by atoms with Crippen LogP contribution in [0.15, 0.2) is 28.7 Å². The molecule has 0 unspecified atom stereocenters. The molecule has 0 saturated heterocycles. The monoisotopic (exact) mass is 325 g/mol. The van der Waals surface area contributed by atoms with Crippen LogP contribution in [0.5, 0.6) is 0 Å². The normalized spacial score (nSPS) is 13.7. The lowest BCUT2D eigenvalue weighted by Crippen LogP contribution is -2.29. The summed E-state index contributed by atoms with van der Waals surface area (Å²) in [6.45, 7) is 1.80. The highest BCUT2D eigenvalue weighted by Gasteiger charge is 2.16. The molecular weight excluding hydrogens is 314 g/mol. The minimum atomic E-state index is -3.30. The van der Waals surface area contributed by atoms with E-state index in [9.17, 15) is 8.42 Å². The van der Waals surface area contributed by atoms with E-state index >= 15 is 0 Å². The van der Waals surface area contributed by atoms with Crippen molar-refractivity contribution < 1.29 is 8.42 Å². The Labute approximate surface area is 109 Å². The van der Waals surface area contributed by atoms with E-state index in [0.29, 0.717) is 0 Å². The van der Waals surface area contributed by atoms with Crippen molar-refractivity contribution in [2.45, 2.75) is 13.0 Å². The maximum Gasteiger partial charge on any atom is 0.213 e. The molecule has 90 valence electrons. The highest BCUT2D eigenvalue weighted by Crippen LogP contribution is 2.23. The van der Waals surface area contributed by atoms with Gasteiger partial charge in [0.15, 0.2) is 0 Å². The Morgan fingerprint density at radius 1 is 1.44 bits per heavy atom. The van der Waals surface area contributed by atoms with Crippen molar-refractivity contribution >= 4 is 37.6 Å². The number of nitrogens with one attached hydrogen (secondary N) is 1. The molecule has 0 aromatic heterocycles. The average molecular weight is 327 g/mol. The first-order chi connectivity index (χ1) is 7.46. The van der Waals surface area contributed by atoms with Crippen LogP contribution in [0.4, 0.5) is 0 Å². The summed E-state index contributed by atoms with van der Waals surface area (Å²) in [6, 6.07) is 7.23. The standard InChI is InChI=1S/C10H13BrClNO2S/c1-8(13-16(14,15)7-6-12)9-4-2-3-5-10(9)11/h2-5,8,13H,6-7H2,1H3/t8-/m0/s1. The summed E-state index contributed by atoms with van der Waals surface area (Å²) >= 11 is 8.80. The molecule has 0 spiro atoms. The van der Waals surface area contributed by atoms with Gasteiger partial charge in [-0.3, -0.25) is 0 Å². The second-order valence-corrected chi connectivity index (χ2v) is 6.47. The largest absolute Gasteiger partial charge is 0.213 e. The molecule has 0 bridgehead atoms. The van der Waals surface area contributed by atoms with Crippen LogP contribution in [0.3, 0.4) is 0 Å². The van der Waals surface area contributed by atoms with Gasteiger partial charge in [-0.05, 0) is 18.6 Å². The van der Waals surface area contributed by atoms with Gasteiger partial charge in [0.25, 0.3) is 0 Å². The summed E-state index contributed by atoms with van der Waals surface area (Å²) in [6.07, 6.45) is 0. The average Bonchev–Trinajstić information content (AvgIpc) is 2.17. The lowest BCUT2D eigenvalue weighted by Gasteiger charge is -2.15. The number of halogens is 2. The lowest BCUT2D eigenvalue weighted by molar-refractivity contribution is 0.568. The fourth-order valence-electron chi connectivity index (χ4n) is 1.32. The maximum absolute atomic E-state index is 11.5. The van der Waals surface area contributed by atoms with Crippen molar-refractivity contribution in [3.05, 3.63) is 34.3 Å². The lowest BCUT2D eigenvalue weighted by atomic mass is 10.1. The van der Waals surface area contributed by atoms with Crippen molar-refractivity contribution in [3.63, 3.8) is 0 Å². The van der Waals surface area contributed by atoms with Crippen LogP contribution in [-0.2, 0) is 10.0 Å². The summed E-state index contributed by atoms with van der Waals surface area (Å²) in [7, 11) is -3.30. The van der Waals surface area contributed by atoms with E-state index in [1.54, 1.807) is 6.92 Å². The molecule has 16 heavy (non-hydrogen) atoms. The van der Waals surface area contributed by atoms with Gasteiger partial charge in [0, 0.05) is 16.4 Å². The predicted octanol–water partition coefficient (Wildman–Crippen LogP) is 2.67. The molecule has 0 heterocycles. The van der Waals surface area contributed by atoms with Gasteiger partial charge in [0.05, 0.1) is 5.75 Å². The number of hydrogen-bond acceptors (Lipinski definition) is 2. The molecule has 0 aliphatic carbocycles. The molecule has 1 aromatic carbocycles. The third-order valence-corrected chi connectivity index (χ3v) is 4.66. The predicted molar refractivity (Wildman–Crippen MR) is 70.2 cm³/mol. The third kappa shape index (κ3) is 4.05. The second-order valence-electron chi connectivity index (χ2n) is 3.37. The van der Waals surface area contributed by atoms with E-state index in [1.165, 1.54) is 0 Å². The van der Waals surface area contributed by atoms with Crippen molar-refractivity contribution in [1.82, 2.24) is 4.72 Å². The van der Waals surface area contributed by atoms with E-state index < -0.39 is 10.0 Å². The Kier molecular flexibility index (Phi) is 5.24. The molecule has 0 radical (unpaired) electrons. The fourth-order valence-corrected chi connectivity index (χ4v) is 3.54. The highest BCUT2D eigenvalue weighted by atomic mass is 79.9. The maximum atomic E-state index is 11.5. The van der Waals surface area contributed by atoms with Gasteiger partial charge in [-0.25, -0.2) is 13.1 Å². The summed E-state index contributed by atoms with van der Waals surface area (Å²) in [5.74, 6) is 0.0291. The Hall–Kier alpha value is -0.100. The third-order valence-electron chi connectivity index (χ3n) is 2.07. The van der Waals surface area contributed by atoms with Gasteiger partial charge in [-0.1, -0.05) is 34.1 Å². The van der Waals surface area contributed by atoms with Crippen LogP contribution in [0, 0.1) is 0 Å². The van der Waals surface area contributed by atoms with Gasteiger partial charge >= 0.3 is 0 Å². The molecular formula is C10H13BrClNO2S. The molecule has 0 aliphatic rings. The molecule has 1 aromatic rings. The van der Waals surface area contributed by atoms with Crippen LogP contribution in [0.25, 0.3) is 0 Å². The van der Waals surface area contributed by atoms with Crippen molar-refractivity contribution in [2.75, 3.05) is 11.6 Å². The Bertz CT molecular complexity index is 450. The van der Waals surface area contributed by atoms with E-state index in [1.807, 2.05) is 24.3 Å². The van der Waals surface area contributed by atoms with Crippen LogP contribution in [0.1, 0.15) is 18.5 Å². The molecule has 0 amide bonds. The SMILES string of the molecule is C[C@H](NS(=O)(=O)CCCl)c1ccccc1Br. The van der Waals surface area contributed by atoms with Crippen LogP contribution in [0.2, 0.25) is 0 Å². The molecule has 0 aliphatic heterocycles. The fraction of sp³-hybridized carbons (Fsp3) is 0.400. The summed E-state index contributed by atoms with van der Waals surface area (Å²) in [4.78, 5) is 0. The first kappa shape index (κ1) is 14.0. The molecule has 3 nitrogen and oxygen atoms in total. The summed E-state index contributed by atoms with van der Waals surface area (Å²) < 4.78 is 26.5. The zero-order valence-electron chi connectivity index (χ0n) is 8.78. The first-order valence-corrected chi connectivity index (χ1v) is 7.74. The Morgan fingerprint density at radius 3 is 2.62 bits per heavy atom. The minimum absolute atomic E-state index is 0.0661. The minimum Gasteiger partial charge on any atom is -0.212 e. The van der Waals surface area contributed by atoms with Crippen molar-refractivity contribution in [3.8, 4) is 0 Å². The molecule has 1 atom stereocenters. The Morgan fingerprint density at radius 2 is 2.06 bits per heavy atom. The topological polar surface area (TPSA) is 46.2 Å². The highest BCUT2D eigenvalue weighted by molar-refractivity contribution is 9.10. The number of rotatable bonds is 5. The molecule has 1 N–H and O–H groups in total. The van der Waals surface area contributed by atoms with Crippen LogP contribution >= 0.6 is 27.5 Å². The number of benzene rings is 1. The van der Waals surface area contributed by atoms with E-state index in [4.69, 9.17) is 11.6 Å². The first-order valence-electron chi connectivity index (χ1n) is 4.76. The second kappa shape index (κ2) is 6.00. The molecule has 0 fully saturated rings. The van der Waals surface area contributed by atoms with E-state index in [0.717, 1.165) is 10.0 Å². The van der Waals surface area contributed by atoms with Crippen molar-refractivity contribution in [2.24, 2.45) is 0 Å². The smallest absolute Gasteiger partial charge is 0.212 e. The van der Waals surface area contributed by atoms with Gasteiger partial charge in [-0.2, -0.15) is 0 Å². The zero-order chi connectivity index (χ0) is 12.2. The van der Waals surface area contributed by atoms with Gasteiger partial charge in [0.1, 0.15) is 0 Å². The van der Waals surface area contributed by atoms with Gasteiger partial charge in [0.2, 0.25) is 10.0 Å². The molecule has 6 heteroatoms. The quantitative estimate of drug-likeness (QED) is 0.846. The zero-order valence-corrected chi connectivity index (χ0v) is 11.9. The molecule has 1 rings (SSSR count). The van der Waals surface area contributed by atoms with Crippen LogP contribution in [-0.4, -0.2) is 20.1 Å². The summed E-state index contributed by atoms with van der Waals surface area (Å²) in [5.41, 5.74) is 0.903. The summed E-state index contributed by atoms with van der Waals surface area (Å²) in [5, 5.41) is 0. The van der Waals surface area contributed by atoms with Gasteiger partial charge in [-0.15, -0.1) is 11.6 Å². The number of sulfonamides is 1. The van der Waals surface area contributed by atoms with Gasteiger partial charge < -0.3 is 0 Å². The van der Waals surface area contributed by atoms with Crippen LogP contribution < -0.4 is 4.72 Å². The van der Waals surface area contributed by atoms with E-state index in [2.05, 4.69) is 20.7 Å². The number of alkyl halides is 1. The molecule has 0 saturated carbocycles. The van der Waals surface area contributed by atoms with E-state index in [-0.39, 0.29) is 17.7 Å². The Balaban J connectivity index is 2.81. The number of hydrogen-bond donors (Lipinski definition) is 1.